The zero-order chi connectivity index (χ0) is 20.5. The van der Waals surface area contributed by atoms with Gasteiger partial charge >= 0.3 is 0 Å². The first-order chi connectivity index (χ1) is 13.5. The topological polar surface area (TPSA) is 104 Å². The van der Waals surface area contributed by atoms with Gasteiger partial charge in [0, 0.05) is 44.6 Å². The van der Waals surface area contributed by atoms with Crippen LogP contribution in [0.15, 0.2) is 24.3 Å². The lowest BCUT2D eigenvalue weighted by Crippen LogP contribution is -2.49. The molecule has 3 N–H and O–H groups in total. The van der Waals surface area contributed by atoms with Crippen LogP contribution in [0.25, 0.3) is 0 Å². The van der Waals surface area contributed by atoms with E-state index in [0.29, 0.717) is 32.0 Å². The Morgan fingerprint density at radius 2 is 2.04 bits per heavy atom. The molecular formula is C21H31N3O4. The number of fused-ring (bicyclic) bond motifs is 1. The number of likely N-dealkylation sites (tertiary alicyclic amines) is 2. The molecule has 1 aromatic carbocycles. The van der Waals surface area contributed by atoms with Gasteiger partial charge in [0.1, 0.15) is 0 Å². The van der Waals surface area contributed by atoms with Crippen molar-refractivity contribution >= 4 is 18.3 Å². The molecule has 28 heavy (non-hydrogen) atoms. The van der Waals surface area contributed by atoms with E-state index in [0.717, 1.165) is 32.2 Å². The second-order valence-electron chi connectivity index (χ2n) is 7.54. The maximum absolute atomic E-state index is 12.8. The van der Waals surface area contributed by atoms with E-state index >= 15 is 0 Å². The van der Waals surface area contributed by atoms with Crippen molar-refractivity contribution in [3.05, 3.63) is 35.4 Å². The number of nitrogens with zero attached hydrogens (tertiary/aromatic N) is 2. The van der Waals surface area contributed by atoms with Crippen molar-refractivity contribution in [3.8, 4) is 0 Å². The summed E-state index contributed by atoms with van der Waals surface area (Å²) in [5, 5.41) is 6.89. The number of benzene rings is 1. The Morgan fingerprint density at radius 3 is 2.71 bits per heavy atom. The maximum Gasteiger partial charge on any atom is 0.290 e. The van der Waals surface area contributed by atoms with Crippen molar-refractivity contribution in [2.75, 3.05) is 13.1 Å². The first-order valence-corrected chi connectivity index (χ1v) is 9.91. The SMILES string of the molecule is Cc1cccc(CN2C(=O)CCCC[C@H]3[C@H]2CCN3CCC(N)=O)c1.O=CO. The van der Waals surface area contributed by atoms with E-state index in [1.807, 2.05) is 0 Å². The lowest BCUT2D eigenvalue weighted by molar-refractivity contribution is -0.136. The Balaban J connectivity index is 0.000000878. The summed E-state index contributed by atoms with van der Waals surface area (Å²) < 4.78 is 0. The number of hydrogen-bond acceptors (Lipinski definition) is 4. The van der Waals surface area contributed by atoms with Crippen molar-refractivity contribution in [2.45, 2.75) is 64.1 Å². The standard InChI is InChI=1S/C20H29N3O2.CH2O2/c1-15-5-4-6-16(13-15)14-23-18-9-11-22(12-10-19(21)24)17(18)7-2-3-8-20(23)25;2-1-3/h4-6,13,17-18H,2-3,7-12,14H2,1H3,(H2,21,24);1H,(H,2,3)/t17-,18+;/m0./s1. The zero-order valence-electron chi connectivity index (χ0n) is 16.5. The molecule has 2 amide bonds. The lowest BCUT2D eigenvalue weighted by atomic mass is 9.96. The molecule has 0 radical (unpaired) electrons. The summed E-state index contributed by atoms with van der Waals surface area (Å²) in [5.74, 6) is 0.0231. The smallest absolute Gasteiger partial charge is 0.290 e. The number of carbonyl (C=O) groups is 3. The van der Waals surface area contributed by atoms with Gasteiger partial charge in [0.05, 0.1) is 0 Å². The maximum atomic E-state index is 12.8. The van der Waals surface area contributed by atoms with Crippen LogP contribution in [0.5, 0.6) is 0 Å². The molecule has 2 aliphatic rings. The Kier molecular flexibility index (Phi) is 8.44. The van der Waals surface area contributed by atoms with Crippen molar-refractivity contribution < 1.29 is 19.5 Å². The van der Waals surface area contributed by atoms with Crippen molar-refractivity contribution in [2.24, 2.45) is 5.73 Å². The monoisotopic (exact) mass is 389 g/mol. The fourth-order valence-corrected chi connectivity index (χ4v) is 4.34. The summed E-state index contributed by atoms with van der Waals surface area (Å²) >= 11 is 0. The molecule has 2 aliphatic heterocycles. The normalized spacial score (nSPS) is 22.5. The van der Waals surface area contributed by atoms with Gasteiger partial charge < -0.3 is 15.7 Å². The lowest BCUT2D eigenvalue weighted by Gasteiger charge is -2.37. The quantitative estimate of drug-likeness (QED) is 0.749. The second-order valence-corrected chi connectivity index (χ2v) is 7.54. The molecule has 2 fully saturated rings. The van der Waals surface area contributed by atoms with Gasteiger partial charge in [-0.05, 0) is 31.7 Å². The minimum Gasteiger partial charge on any atom is -0.483 e. The van der Waals surface area contributed by atoms with Gasteiger partial charge in [-0.3, -0.25) is 19.3 Å². The van der Waals surface area contributed by atoms with Crippen LogP contribution < -0.4 is 5.73 Å². The van der Waals surface area contributed by atoms with E-state index in [1.54, 1.807) is 0 Å². The van der Waals surface area contributed by atoms with Crippen molar-refractivity contribution in [1.82, 2.24) is 9.80 Å². The van der Waals surface area contributed by atoms with E-state index in [-0.39, 0.29) is 24.3 Å². The van der Waals surface area contributed by atoms with Gasteiger partial charge in [0.2, 0.25) is 11.8 Å². The molecule has 0 unspecified atom stereocenters. The van der Waals surface area contributed by atoms with Crippen LogP contribution >= 0.6 is 0 Å². The molecule has 0 spiro atoms. The minimum absolute atomic E-state index is 0.248. The fraction of sp³-hybridized carbons (Fsp3) is 0.571. The summed E-state index contributed by atoms with van der Waals surface area (Å²) in [6.45, 7) is 4.18. The highest BCUT2D eigenvalue weighted by atomic mass is 16.3. The number of aryl methyl sites for hydroxylation is 1. The third-order valence-electron chi connectivity index (χ3n) is 5.57. The van der Waals surface area contributed by atoms with Crippen molar-refractivity contribution in [3.63, 3.8) is 0 Å². The molecule has 1 aromatic rings. The van der Waals surface area contributed by atoms with Gasteiger partial charge in [-0.2, -0.15) is 0 Å². The minimum atomic E-state index is -0.250. The third-order valence-corrected chi connectivity index (χ3v) is 5.57. The molecule has 0 aliphatic carbocycles. The second kappa shape index (κ2) is 10.8. The fourth-order valence-electron chi connectivity index (χ4n) is 4.34. The molecule has 2 heterocycles. The van der Waals surface area contributed by atoms with Crippen LogP contribution in [0, 0.1) is 6.92 Å². The Morgan fingerprint density at radius 1 is 1.29 bits per heavy atom. The zero-order valence-corrected chi connectivity index (χ0v) is 16.5. The summed E-state index contributed by atoms with van der Waals surface area (Å²) in [7, 11) is 0. The number of hydrogen-bond donors (Lipinski definition) is 2. The predicted molar refractivity (Wildman–Crippen MR) is 106 cm³/mol. The van der Waals surface area contributed by atoms with Gasteiger partial charge in [-0.1, -0.05) is 36.2 Å². The largest absolute Gasteiger partial charge is 0.483 e. The predicted octanol–water partition coefficient (Wildman–Crippen LogP) is 1.92. The number of rotatable bonds is 5. The van der Waals surface area contributed by atoms with E-state index in [1.165, 1.54) is 11.1 Å². The average Bonchev–Trinajstić information content (AvgIpc) is 3.03. The van der Waals surface area contributed by atoms with Crippen LogP contribution in [0.3, 0.4) is 0 Å². The van der Waals surface area contributed by atoms with Crippen molar-refractivity contribution in [1.29, 1.82) is 0 Å². The van der Waals surface area contributed by atoms with Crippen LogP contribution in [0.2, 0.25) is 0 Å². The van der Waals surface area contributed by atoms with E-state index in [9.17, 15) is 9.59 Å². The van der Waals surface area contributed by atoms with Crippen LogP contribution in [0.1, 0.15) is 49.7 Å². The van der Waals surface area contributed by atoms with E-state index in [2.05, 4.69) is 41.0 Å². The van der Waals surface area contributed by atoms with E-state index < -0.39 is 0 Å². The van der Waals surface area contributed by atoms with Crippen LogP contribution in [0.4, 0.5) is 0 Å². The average molecular weight is 389 g/mol. The van der Waals surface area contributed by atoms with Gasteiger partial charge in [0.15, 0.2) is 0 Å². The van der Waals surface area contributed by atoms with Gasteiger partial charge in [0.25, 0.3) is 6.47 Å². The summed E-state index contributed by atoms with van der Waals surface area (Å²) in [6.07, 6.45) is 5.17. The molecular weight excluding hydrogens is 358 g/mol. The van der Waals surface area contributed by atoms with Crippen LogP contribution in [-0.2, 0) is 20.9 Å². The molecule has 2 atom stereocenters. The highest BCUT2D eigenvalue weighted by Crippen LogP contribution is 2.31. The highest BCUT2D eigenvalue weighted by Gasteiger charge is 2.39. The van der Waals surface area contributed by atoms with Gasteiger partial charge in [-0.25, -0.2) is 0 Å². The molecule has 154 valence electrons. The number of primary amides is 1. The molecule has 7 heteroatoms. The van der Waals surface area contributed by atoms with Crippen LogP contribution in [-0.4, -0.2) is 58.4 Å². The number of carboxylic acid groups (broad SMARTS) is 1. The Labute approximate surface area is 166 Å². The molecule has 2 saturated heterocycles. The molecule has 0 saturated carbocycles. The molecule has 7 nitrogen and oxygen atoms in total. The summed E-state index contributed by atoms with van der Waals surface area (Å²) in [6, 6.07) is 9.02. The number of carbonyl (C=O) groups excluding carboxylic acids is 2. The third kappa shape index (κ3) is 6.05. The Hall–Kier alpha value is -2.41. The number of nitrogens with two attached hydrogens (primary N) is 1. The van der Waals surface area contributed by atoms with Gasteiger partial charge in [-0.15, -0.1) is 0 Å². The van der Waals surface area contributed by atoms with E-state index in [4.69, 9.17) is 15.6 Å². The molecule has 0 aromatic heterocycles. The summed E-state index contributed by atoms with van der Waals surface area (Å²) in [5.41, 5.74) is 7.75. The molecule has 3 rings (SSSR count). The Bertz CT molecular complexity index is 679. The number of amides is 2. The first kappa shape index (κ1) is 21.9. The highest BCUT2D eigenvalue weighted by molar-refractivity contribution is 5.77. The summed E-state index contributed by atoms with van der Waals surface area (Å²) in [4.78, 5) is 36.8. The molecule has 0 bridgehead atoms. The first-order valence-electron chi connectivity index (χ1n) is 9.91.